The molecule has 4 N–H and O–H groups in total. The maximum Gasteiger partial charge on any atom is 0.329 e. The summed E-state index contributed by atoms with van der Waals surface area (Å²) >= 11 is 0. The molecule has 6 nitrogen and oxygen atoms in total. The van der Waals surface area contributed by atoms with Gasteiger partial charge in [-0.25, -0.2) is 5.43 Å². The highest BCUT2D eigenvalue weighted by atomic mass is 16.3. The monoisotopic (exact) mass is 221 g/mol. The first kappa shape index (κ1) is 11.7. The number of amides is 2. The Hall–Kier alpha value is -2.37. The second-order valence-corrected chi connectivity index (χ2v) is 3.02. The lowest BCUT2D eigenvalue weighted by Crippen LogP contribution is -2.33. The summed E-state index contributed by atoms with van der Waals surface area (Å²) < 4.78 is 0. The van der Waals surface area contributed by atoms with Crippen LogP contribution in [0.2, 0.25) is 0 Å². The van der Waals surface area contributed by atoms with E-state index in [0.29, 0.717) is 11.3 Å². The third kappa shape index (κ3) is 2.81. The predicted molar refractivity (Wildman–Crippen MR) is 57.7 cm³/mol. The highest BCUT2D eigenvalue weighted by molar-refractivity contribution is 6.34. The van der Waals surface area contributed by atoms with E-state index in [1.807, 2.05) is 5.43 Å². The number of carbonyl (C=O) groups excluding carboxylic acids is 2. The number of carbonyl (C=O) groups is 2. The van der Waals surface area contributed by atoms with E-state index in [2.05, 4.69) is 5.10 Å². The molecule has 1 aromatic rings. The van der Waals surface area contributed by atoms with Crippen LogP contribution in [-0.2, 0) is 9.59 Å². The molecular weight excluding hydrogens is 210 g/mol. The van der Waals surface area contributed by atoms with E-state index in [1.54, 1.807) is 25.1 Å². The van der Waals surface area contributed by atoms with Crippen LogP contribution in [0.5, 0.6) is 5.75 Å². The molecule has 0 aliphatic rings. The van der Waals surface area contributed by atoms with Gasteiger partial charge in [0.25, 0.3) is 0 Å². The number of phenolic OH excluding ortho intramolecular Hbond substituents is 1. The van der Waals surface area contributed by atoms with E-state index < -0.39 is 11.8 Å². The molecule has 16 heavy (non-hydrogen) atoms. The summed E-state index contributed by atoms with van der Waals surface area (Å²) in [5.41, 5.74) is 7.53. The lowest BCUT2D eigenvalue weighted by molar-refractivity contribution is -0.137. The molecule has 84 valence electrons. The molecule has 0 spiro atoms. The SMILES string of the molecule is C/C(=N\NC(=O)C(N)=O)c1ccccc1O. The number of primary amides is 1. The molecule has 0 unspecified atom stereocenters. The number of aromatic hydroxyl groups is 1. The summed E-state index contributed by atoms with van der Waals surface area (Å²) in [7, 11) is 0. The molecule has 0 aliphatic heterocycles. The number of hydrazone groups is 1. The highest BCUT2D eigenvalue weighted by Crippen LogP contribution is 2.15. The van der Waals surface area contributed by atoms with Gasteiger partial charge in [0.2, 0.25) is 0 Å². The number of para-hydroxylation sites is 1. The van der Waals surface area contributed by atoms with Crippen LogP contribution in [0.3, 0.4) is 0 Å². The lowest BCUT2D eigenvalue weighted by Gasteiger charge is -2.03. The van der Waals surface area contributed by atoms with Crippen molar-refractivity contribution in [2.75, 3.05) is 0 Å². The van der Waals surface area contributed by atoms with Gasteiger partial charge in [-0.1, -0.05) is 12.1 Å². The van der Waals surface area contributed by atoms with Crippen LogP contribution >= 0.6 is 0 Å². The maximum absolute atomic E-state index is 10.8. The molecule has 0 heterocycles. The van der Waals surface area contributed by atoms with Crippen LogP contribution in [0.1, 0.15) is 12.5 Å². The maximum atomic E-state index is 10.8. The van der Waals surface area contributed by atoms with Crippen LogP contribution in [0.4, 0.5) is 0 Å². The molecule has 0 saturated heterocycles. The second kappa shape index (κ2) is 4.92. The molecule has 0 atom stereocenters. The molecule has 0 fully saturated rings. The molecule has 2 amide bonds. The van der Waals surface area contributed by atoms with Gasteiger partial charge >= 0.3 is 11.8 Å². The first-order chi connectivity index (χ1) is 7.52. The summed E-state index contributed by atoms with van der Waals surface area (Å²) in [6, 6.07) is 6.49. The first-order valence-corrected chi connectivity index (χ1v) is 4.45. The zero-order valence-electron chi connectivity index (χ0n) is 8.60. The average molecular weight is 221 g/mol. The molecule has 6 heteroatoms. The molecule has 1 aromatic carbocycles. The summed E-state index contributed by atoms with van der Waals surface area (Å²) in [4.78, 5) is 21.2. The van der Waals surface area contributed by atoms with E-state index >= 15 is 0 Å². The van der Waals surface area contributed by atoms with Gasteiger partial charge in [-0.3, -0.25) is 9.59 Å². The Morgan fingerprint density at radius 2 is 2.00 bits per heavy atom. The molecule has 0 aromatic heterocycles. The fourth-order valence-electron chi connectivity index (χ4n) is 1.03. The molecule has 0 bridgehead atoms. The van der Waals surface area contributed by atoms with Crippen molar-refractivity contribution in [2.24, 2.45) is 10.8 Å². The van der Waals surface area contributed by atoms with Crippen molar-refractivity contribution in [3.8, 4) is 5.75 Å². The fourth-order valence-corrected chi connectivity index (χ4v) is 1.03. The van der Waals surface area contributed by atoms with E-state index in [4.69, 9.17) is 5.73 Å². The first-order valence-electron chi connectivity index (χ1n) is 4.45. The summed E-state index contributed by atoms with van der Waals surface area (Å²) in [6.07, 6.45) is 0. The minimum Gasteiger partial charge on any atom is -0.507 e. The Balaban J connectivity index is 2.83. The summed E-state index contributed by atoms with van der Waals surface area (Å²) in [6.45, 7) is 1.58. The standard InChI is InChI=1S/C10H11N3O3/c1-6(12-13-10(16)9(11)15)7-4-2-3-5-8(7)14/h2-5,14H,1H3,(H2,11,15)(H,13,16)/b12-6+. The number of nitrogens with zero attached hydrogens (tertiary/aromatic N) is 1. The van der Waals surface area contributed by atoms with Crippen LogP contribution in [0.25, 0.3) is 0 Å². The average Bonchev–Trinajstić information content (AvgIpc) is 2.25. The number of hydrogen-bond donors (Lipinski definition) is 3. The molecule has 0 saturated carbocycles. The Kier molecular flexibility index (Phi) is 3.60. The van der Waals surface area contributed by atoms with Crippen LogP contribution in [-0.4, -0.2) is 22.6 Å². The topological polar surface area (TPSA) is 105 Å². The third-order valence-electron chi connectivity index (χ3n) is 1.84. The van der Waals surface area contributed by atoms with Gasteiger partial charge in [-0.2, -0.15) is 5.10 Å². The summed E-state index contributed by atoms with van der Waals surface area (Å²) in [5, 5.41) is 13.1. The van der Waals surface area contributed by atoms with Gasteiger partial charge in [0.05, 0.1) is 5.71 Å². The van der Waals surface area contributed by atoms with Crippen LogP contribution in [0, 0.1) is 0 Å². The zero-order valence-corrected chi connectivity index (χ0v) is 8.60. The van der Waals surface area contributed by atoms with Crippen LogP contribution in [0.15, 0.2) is 29.4 Å². The van der Waals surface area contributed by atoms with E-state index in [-0.39, 0.29) is 5.75 Å². The smallest absolute Gasteiger partial charge is 0.329 e. The van der Waals surface area contributed by atoms with Crippen molar-refractivity contribution < 1.29 is 14.7 Å². The van der Waals surface area contributed by atoms with Gasteiger partial charge in [0.15, 0.2) is 0 Å². The predicted octanol–water partition coefficient (Wildman–Crippen LogP) is -0.282. The van der Waals surface area contributed by atoms with Gasteiger partial charge in [0, 0.05) is 5.56 Å². The number of rotatable bonds is 2. The third-order valence-corrected chi connectivity index (χ3v) is 1.84. The number of nitrogens with one attached hydrogen (secondary N) is 1. The van der Waals surface area contributed by atoms with Gasteiger partial charge in [-0.15, -0.1) is 0 Å². The number of hydrogen-bond acceptors (Lipinski definition) is 4. The Bertz CT molecular complexity index is 454. The number of benzene rings is 1. The molecule has 0 radical (unpaired) electrons. The van der Waals surface area contributed by atoms with E-state index in [0.717, 1.165) is 0 Å². The van der Waals surface area contributed by atoms with Gasteiger partial charge in [0.1, 0.15) is 5.75 Å². The van der Waals surface area contributed by atoms with Crippen molar-refractivity contribution in [3.05, 3.63) is 29.8 Å². The normalized spacial score (nSPS) is 10.9. The highest BCUT2D eigenvalue weighted by Gasteiger charge is 2.08. The van der Waals surface area contributed by atoms with Gasteiger partial charge in [-0.05, 0) is 19.1 Å². The van der Waals surface area contributed by atoms with Crippen molar-refractivity contribution in [1.82, 2.24) is 5.43 Å². The van der Waals surface area contributed by atoms with Gasteiger partial charge < -0.3 is 10.8 Å². The minimum absolute atomic E-state index is 0.0390. The number of phenols is 1. The van der Waals surface area contributed by atoms with Crippen molar-refractivity contribution in [2.45, 2.75) is 6.92 Å². The van der Waals surface area contributed by atoms with Crippen LogP contribution < -0.4 is 11.2 Å². The quantitative estimate of drug-likeness (QED) is 0.363. The molecular formula is C10H11N3O3. The fraction of sp³-hybridized carbons (Fsp3) is 0.100. The van der Waals surface area contributed by atoms with E-state index in [1.165, 1.54) is 6.07 Å². The number of nitrogens with two attached hydrogens (primary N) is 1. The van der Waals surface area contributed by atoms with E-state index in [9.17, 15) is 14.7 Å². The molecule has 1 rings (SSSR count). The van der Waals surface area contributed by atoms with Crippen molar-refractivity contribution in [3.63, 3.8) is 0 Å². The Morgan fingerprint density at radius 1 is 1.38 bits per heavy atom. The van der Waals surface area contributed by atoms with Crippen molar-refractivity contribution >= 4 is 17.5 Å². The Labute approximate surface area is 91.8 Å². The Morgan fingerprint density at radius 3 is 2.56 bits per heavy atom. The largest absolute Gasteiger partial charge is 0.507 e. The molecule has 0 aliphatic carbocycles. The van der Waals surface area contributed by atoms with Crippen molar-refractivity contribution in [1.29, 1.82) is 0 Å². The zero-order chi connectivity index (χ0) is 12.1. The lowest BCUT2D eigenvalue weighted by atomic mass is 10.1. The summed E-state index contributed by atoms with van der Waals surface area (Å²) in [5.74, 6) is -2.08. The second-order valence-electron chi connectivity index (χ2n) is 3.02. The minimum atomic E-state index is -1.12.